The van der Waals surface area contributed by atoms with Gasteiger partial charge in [0, 0.05) is 25.2 Å². The largest absolute Gasteiger partial charge is 0.352 e. The molecule has 0 aliphatic heterocycles. The minimum absolute atomic E-state index is 0.0449. The van der Waals surface area contributed by atoms with Crippen LogP contribution in [-0.4, -0.2) is 28.1 Å². The first-order valence-corrected chi connectivity index (χ1v) is 6.03. The van der Waals surface area contributed by atoms with Crippen molar-refractivity contribution in [2.75, 3.05) is 12.4 Å². The number of amides is 1. The molecule has 4 nitrogen and oxygen atoms in total. The SMILES string of the molecule is Cc1c(C(=O)NCCCCCCl)cnn1C. The maximum Gasteiger partial charge on any atom is 0.254 e. The molecule has 0 fully saturated rings. The van der Waals surface area contributed by atoms with Crippen LogP contribution in [0.15, 0.2) is 6.20 Å². The summed E-state index contributed by atoms with van der Waals surface area (Å²) in [5.74, 6) is 0.645. The first kappa shape index (κ1) is 13.0. The molecule has 1 N–H and O–H groups in total. The molecule has 0 atom stereocenters. The second kappa shape index (κ2) is 6.53. The molecule has 1 aromatic rings. The third-order valence-corrected chi connectivity index (χ3v) is 2.84. The van der Waals surface area contributed by atoms with Crippen LogP contribution in [0.5, 0.6) is 0 Å². The van der Waals surface area contributed by atoms with Crippen molar-refractivity contribution in [3.05, 3.63) is 17.5 Å². The molecule has 0 saturated carbocycles. The maximum atomic E-state index is 11.7. The van der Waals surface area contributed by atoms with Crippen LogP contribution < -0.4 is 5.32 Å². The average Bonchev–Trinajstić information content (AvgIpc) is 2.59. The Morgan fingerprint density at radius 2 is 2.25 bits per heavy atom. The van der Waals surface area contributed by atoms with Crippen molar-refractivity contribution in [2.45, 2.75) is 26.2 Å². The van der Waals surface area contributed by atoms with Crippen LogP contribution in [0.1, 0.15) is 35.3 Å². The van der Waals surface area contributed by atoms with E-state index < -0.39 is 0 Å². The first-order chi connectivity index (χ1) is 7.66. The van der Waals surface area contributed by atoms with Crippen molar-refractivity contribution in [3.63, 3.8) is 0 Å². The molecule has 1 amide bonds. The number of aromatic nitrogens is 2. The Hall–Kier alpha value is -1.03. The predicted molar refractivity (Wildman–Crippen MR) is 64.8 cm³/mol. The monoisotopic (exact) mass is 243 g/mol. The van der Waals surface area contributed by atoms with Crippen molar-refractivity contribution in [1.82, 2.24) is 15.1 Å². The average molecular weight is 244 g/mol. The van der Waals surface area contributed by atoms with E-state index in [4.69, 9.17) is 11.6 Å². The molecular formula is C11H18ClN3O. The van der Waals surface area contributed by atoms with Crippen molar-refractivity contribution < 1.29 is 4.79 Å². The van der Waals surface area contributed by atoms with Gasteiger partial charge in [0.2, 0.25) is 0 Å². The molecule has 90 valence electrons. The summed E-state index contributed by atoms with van der Waals surface area (Å²) in [6.07, 6.45) is 4.63. The third kappa shape index (κ3) is 3.52. The molecule has 0 unspecified atom stereocenters. The lowest BCUT2D eigenvalue weighted by Gasteiger charge is -2.04. The van der Waals surface area contributed by atoms with Crippen LogP contribution in [0.4, 0.5) is 0 Å². The van der Waals surface area contributed by atoms with Gasteiger partial charge in [-0.05, 0) is 19.8 Å². The molecule has 0 aliphatic carbocycles. The van der Waals surface area contributed by atoms with E-state index in [0.717, 1.165) is 25.0 Å². The van der Waals surface area contributed by atoms with Gasteiger partial charge in [0.05, 0.1) is 11.8 Å². The summed E-state index contributed by atoms with van der Waals surface area (Å²) in [6.45, 7) is 2.58. The van der Waals surface area contributed by atoms with E-state index in [1.807, 2.05) is 14.0 Å². The minimum Gasteiger partial charge on any atom is -0.352 e. The normalized spacial score (nSPS) is 10.4. The van der Waals surface area contributed by atoms with Crippen LogP contribution in [0.2, 0.25) is 0 Å². The Labute approximate surface area is 101 Å². The van der Waals surface area contributed by atoms with E-state index in [2.05, 4.69) is 10.4 Å². The fourth-order valence-corrected chi connectivity index (χ4v) is 1.60. The predicted octanol–water partition coefficient (Wildman–Crippen LogP) is 1.87. The van der Waals surface area contributed by atoms with Crippen molar-refractivity contribution >= 4 is 17.5 Å². The Balaban J connectivity index is 2.33. The van der Waals surface area contributed by atoms with Crippen molar-refractivity contribution in [1.29, 1.82) is 0 Å². The molecule has 0 aromatic carbocycles. The van der Waals surface area contributed by atoms with Gasteiger partial charge in [0.25, 0.3) is 5.91 Å². The van der Waals surface area contributed by atoms with E-state index in [0.29, 0.717) is 18.0 Å². The molecule has 5 heteroatoms. The van der Waals surface area contributed by atoms with Crippen LogP contribution in [0.25, 0.3) is 0 Å². The second-order valence-electron chi connectivity index (χ2n) is 3.77. The highest BCUT2D eigenvalue weighted by Crippen LogP contribution is 2.05. The lowest BCUT2D eigenvalue weighted by Crippen LogP contribution is -2.24. The summed E-state index contributed by atoms with van der Waals surface area (Å²) in [5.41, 5.74) is 1.54. The fourth-order valence-electron chi connectivity index (χ4n) is 1.42. The van der Waals surface area contributed by atoms with Gasteiger partial charge >= 0.3 is 0 Å². The zero-order valence-corrected chi connectivity index (χ0v) is 10.5. The van der Waals surface area contributed by atoms with E-state index in [1.54, 1.807) is 10.9 Å². The molecule has 0 bridgehead atoms. The van der Waals surface area contributed by atoms with Crippen LogP contribution >= 0.6 is 11.6 Å². The second-order valence-corrected chi connectivity index (χ2v) is 4.15. The Bertz CT molecular complexity index is 349. The van der Waals surface area contributed by atoms with Gasteiger partial charge in [-0.1, -0.05) is 6.42 Å². The molecule has 0 radical (unpaired) electrons. The molecule has 0 aliphatic rings. The van der Waals surface area contributed by atoms with Crippen LogP contribution in [0, 0.1) is 6.92 Å². The Morgan fingerprint density at radius 1 is 1.50 bits per heavy atom. The Kier molecular flexibility index (Phi) is 5.32. The number of alkyl halides is 1. The highest BCUT2D eigenvalue weighted by atomic mass is 35.5. The molecule has 0 saturated heterocycles. The summed E-state index contributed by atoms with van der Waals surface area (Å²) in [4.78, 5) is 11.7. The number of nitrogens with one attached hydrogen (secondary N) is 1. The topological polar surface area (TPSA) is 46.9 Å². The molecule has 16 heavy (non-hydrogen) atoms. The summed E-state index contributed by atoms with van der Waals surface area (Å²) in [6, 6.07) is 0. The van der Waals surface area contributed by atoms with Gasteiger partial charge in [-0.15, -0.1) is 11.6 Å². The summed E-state index contributed by atoms with van der Waals surface area (Å²) >= 11 is 5.56. The standard InChI is InChI=1S/C11H18ClN3O/c1-9-10(8-14-15(9)2)11(16)13-7-5-3-4-6-12/h8H,3-7H2,1-2H3,(H,13,16). The van der Waals surface area contributed by atoms with Gasteiger partial charge in [0.15, 0.2) is 0 Å². The van der Waals surface area contributed by atoms with Gasteiger partial charge in [-0.25, -0.2) is 0 Å². The number of halogens is 1. The van der Waals surface area contributed by atoms with E-state index in [1.165, 1.54) is 0 Å². The number of carbonyl (C=O) groups is 1. The van der Waals surface area contributed by atoms with E-state index in [-0.39, 0.29) is 5.91 Å². The first-order valence-electron chi connectivity index (χ1n) is 5.49. The number of nitrogens with zero attached hydrogens (tertiary/aromatic N) is 2. The molecular weight excluding hydrogens is 226 g/mol. The fraction of sp³-hybridized carbons (Fsp3) is 0.636. The summed E-state index contributed by atoms with van der Waals surface area (Å²) in [5, 5.41) is 6.91. The number of hydrogen-bond acceptors (Lipinski definition) is 2. The molecule has 0 spiro atoms. The number of unbranched alkanes of at least 4 members (excludes halogenated alkanes) is 2. The van der Waals surface area contributed by atoms with Gasteiger partial charge in [0.1, 0.15) is 0 Å². The zero-order valence-electron chi connectivity index (χ0n) is 9.79. The van der Waals surface area contributed by atoms with Gasteiger partial charge < -0.3 is 5.32 Å². The third-order valence-electron chi connectivity index (χ3n) is 2.58. The van der Waals surface area contributed by atoms with Gasteiger partial charge in [-0.3, -0.25) is 9.48 Å². The molecule has 1 rings (SSSR count). The number of carbonyl (C=O) groups excluding carboxylic acids is 1. The summed E-state index contributed by atoms with van der Waals surface area (Å²) in [7, 11) is 1.83. The van der Waals surface area contributed by atoms with Crippen molar-refractivity contribution in [2.24, 2.45) is 7.05 Å². The van der Waals surface area contributed by atoms with E-state index in [9.17, 15) is 4.79 Å². The van der Waals surface area contributed by atoms with Crippen LogP contribution in [0.3, 0.4) is 0 Å². The highest BCUT2D eigenvalue weighted by molar-refractivity contribution is 6.17. The number of hydrogen-bond donors (Lipinski definition) is 1. The quantitative estimate of drug-likeness (QED) is 0.613. The van der Waals surface area contributed by atoms with E-state index >= 15 is 0 Å². The smallest absolute Gasteiger partial charge is 0.254 e. The lowest BCUT2D eigenvalue weighted by atomic mass is 10.2. The number of aryl methyl sites for hydroxylation is 1. The van der Waals surface area contributed by atoms with Crippen molar-refractivity contribution in [3.8, 4) is 0 Å². The summed E-state index contributed by atoms with van der Waals surface area (Å²) < 4.78 is 1.70. The van der Waals surface area contributed by atoms with Gasteiger partial charge in [-0.2, -0.15) is 5.10 Å². The minimum atomic E-state index is -0.0449. The zero-order chi connectivity index (χ0) is 12.0. The molecule has 1 heterocycles. The molecule has 1 aromatic heterocycles. The Morgan fingerprint density at radius 3 is 2.81 bits per heavy atom. The lowest BCUT2D eigenvalue weighted by molar-refractivity contribution is 0.0952. The number of rotatable bonds is 6. The maximum absolute atomic E-state index is 11.7. The highest BCUT2D eigenvalue weighted by Gasteiger charge is 2.11. The van der Waals surface area contributed by atoms with Crippen LogP contribution in [-0.2, 0) is 7.05 Å².